The van der Waals surface area contributed by atoms with Crippen LogP contribution in [-0.2, 0) is 8.85 Å². The first-order chi connectivity index (χ1) is 6.11. The zero-order valence-electron chi connectivity index (χ0n) is 9.26. The van der Waals surface area contributed by atoms with Gasteiger partial charge in [0.15, 0.2) is 0 Å². The van der Waals surface area contributed by atoms with Crippen LogP contribution in [0.5, 0.6) is 0 Å². The Balaban J connectivity index is 2.86. The molecule has 76 valence electrons. The first-order valence-electron chi connectivity index (χ1n) is 4.88. The van der Waals surface area contributed by atoms with Crippen molar-refractivity contribution in [2.45, 2.75) is 27.2 Å². The fourth-order valence-electron chi connectivity index (χ4n) is 2.28. The summed E-state index contributed by atoms with van der Waals surface area (Å²) in [6.07, 6.45) is 1.26. The fourth-order valence-corrected chi connectivity index (χ4v) is 4.23. The molecule has 0 aliphatic heterocycles. The Bertz CT molecular complexity index is 209. The second-order valence-corrected chi connectivity index (χ2v) is 6.21. The molecule has 13 heavy (non-hydrogen) atoms. The third-order valence-electron chi connectivity index (χ3n) is 3.11. The van der Waals surface area contributed by atoms with Crippen molar-refractivity contribution in [3.8, 4) is 0 Å². The van der Waals surface area contributed by atoms with E-state index < -0.39 is 9.28 Å². The van der Waals surface area contributed by atoms with Crippen molar-refractivity contribution >= 4 is 9.28 Å². The smallest absolute Gasteiger partial charge is 0.351 e. The number of rotatable bonds is 3. The molecule has 2 nitrogen and oxygen atoms in total. The monoisotopic (exact) mass is 200 g/mol. The Labute approximate surface area is 82.8 Å². The maximum atomic E-state index is 5.43. The summed E-state index contributed by atoms with van der Waals surface area (Å²) in [5.41, 5.74) is 1.51. The maximum Gasteiger partial charge on any atom is 0.351 e. The quantitative estimate of drug-likeness (QED) is 0.649. The van der Waals surface area contributed by atoms with Gasteiger partial charge in [0.25, 0.3) is 0 Å². The molecule has 0 N–H and O–H groups in total. The molecule has 0 saturated carbocycles. The Morgan fingerprint density at radius 2 is 1.69 bits per heavy atom. The van der Waals surface area contributed by atoms with Crippen molar-refractivity contribution in [2.24, 2.45) is 11.8 Å². The Morgan fingerprint density at radius 1 is 1.15 bits per heavy atom. The molecule has 1 rings (SSSR count). The van der Waals surface area contributed by atoms with Crippen LogP contribution in [0.3, 0.4) is 0 Å². The van der Waals surface area contributed by atoms with Gasteiger partial charge in [-0.3, -0.25) is 0 Å². The fraction of sp³-hybridized carbons (Fsp3) is 0.800. The zero-order valence-corrected chi connectivity index (χ0v) is 10.4. The van der Waals surface area contributed by atoms with Gasteiger partial charge in [-0.1, -0.05) is 19.4 Å². The summed E-state index contributed by atoms with van der Waals surface area (Å²) in [5.74, 6) is 1.37. The van der Waals surface area contributed by atoms with Crippen molar-refractivity contribution in [3.63, 3.8) is 0 Å². The summed E-state index contributed by atoms with van der Waals surface area (Å²) in [6.45, 7) is 6.79. The summed E-state index contributed by atoms with van der Waals surface area (Å²) >= 11 is 0. The Morgan fingerprint density at radius 3 is 2.00 bits per heavy atom. The summed E-state index contributed by atoms with van der Waals surface area (Å²) in [7, 11) is 2.00. The highest BCUT2D eigenvalue weighted by atomic mass is 28.3. The van der Waals surface area contributed by atoms with Crippen molar-refractivity contribution in [2.75, 3.05) is 14.2 Å². The minimum Gasteiger partial charge on any atom is -0.397 e. The maximum absolute atomic E-state index is 5.43. The number of hydrogen-bond acceptors (Lipinski definition) is 2. The minimum absolute atomic E-state index is 0.659. The number of hydrogen-bond donors (Lipinski definition) is 0. The molecular formula is C10H20O2Si. The molecule has 1 aliphatic carbocycles. The van der Waals surface area contributed by atoms with E-state index in [0.717, 1.165) is 0 Å². The van der Waals surface area contributed by atoms with Crippen molar-refractivity contribution in [3.05, 3.63) is 10.8 Å². The van der Waals surface area contributed by atoms with Crippen LogP contribution in [0.15, 0.2) is 10.8 Å². The molecule has 0 spiro atoms. The van der Waals surface area contributed by atoms with Gasteiger partial charge in [-0.2, -0.15) is 0 Å². The van der Waals surface area contributed by atoms with Crippen LogP contribution < -0.4 is 0 Å². The lowest BCUT2D eigenvalue weighted by atomic mass is 10.0. The van der Waals surface area contributed by atoms with Crippen molar-refractivity contribution in [1.29, 1.82) is 0 Å². The van der Waals surface area contributed by atoms with E-state index in [9.17, 15) is 0 Å². The van der Waals surface area contributed by atoms with Gasteiger partial charge < -0.3 is 8.85 Å². The third kappa shape index (κ3) is 2.03. The SMILES string of the molecule is CO[SiH](OC)C1=C(C)C(C)CC1C. The highest BCUT2D eigenvalue weighted by Crippen LogP contribution is 2.37. The third-order valence-corrected chi connectivity index (χ3v) is 5.50. The molecule has 0 heterocycles. The summed E-state index contributed by atoms with van der Waals surface area (Å²) in [4.78, 5) is 0. The Hall–Kier alpha value is -0.123. The first kappa shape index (κ1) is 11.0. The van der Waals surface area contributed by atoms with Crippen LogP contribution in [0.25, 0.3) is 0 Å². The van der Waals surface area contributed by atoms with E-state index in [1.54, 1.807) is 14.2 Å². The van der Waals surface area contributed by atoms with Crippen LogP contribution in [0.4, 0.5) is 0 Å². The van der Waals surface area contributed by atoms with Gasteiger partial charge in [0.1, 0.15) is 0 Å². The van der Waals surface area contributed by atoms with Crippen molar-refractivity contribution < 1.29 is 8.85 Å². The second-order valence-electron chi connectivity index (χ2n) is 3.98. The lowest BCUT2D eigenvalue weighted by Crippen LogP contribution is -2.25. The molecule has 0 radical (unpaired) electrons. The molecule has 0 aromatic rings. The molecule has 0 aromatic heterocycles. The van der Waals surface area contributed by atoms with Crippen LogP contribution in [0, 0.1) is 11.8 Å². The minimum atomic E-state index is -1.52. The van der Waals surface area contributed by atoms with E-state index in [-0.39, 0.29) is 0 Å². The summed E-state index contributed by atoms with van der Waals surface area (Å²) < 4.78 is 10.9. The topological polar surface area (TPSA) is 18.5 Å². The molecule has 0 saturated heterocycles. The predicted octanol–water partition coefficient (Wildman–Crippen LogP) is 2.03. The average Bonchev–Trinajstić information content (AvgIpc) is 2.34. The molecule has 0 aromatic carbocycles. The first-order valence-corrected chi connectivity index (χ1v) is 6.40. The van der Waals surface area contributed by atoms with Crippen LogP contribution >= 0.6 is 0 Å². The van der Waals surface area contributed by atoms with Gasteiger partial charge in [0.05, 0.1) is 0 Å². The predicted molar refractivity (Wildman–Crippen MR) is 56.8 cm³/mol. The van der Waals surface area contributed by atoms with Crippen LogP contribution in [-0.4, -0.2) is 23.5 Å². The van der Waals surface area contributed by atoms with E-state index in [2.05, 4.69) is 20.8 Å². The Kier molecular flexibility index (Phi) is 3.70. The van der Waals surface area contributed by atoms with E-state index in [1.165, 1.54) is 17.2 Å². The van der Waals surface area contributed by atoms with Gasteiger partial charge in [-0.15, -0.1) is 0 Å². The normalized spacial score (nSPS) is 29.1. The molecule has 0 fully saturated rings. The molecule has 3 heteroatoms. The van der Waals surface area contributed by atoms with Gasteiger partial charge in [-0.25, -0.2) is 0 Å². The van der Waals surface area contributed by atoms with E-state index >= 15 is 0 Å². The molecule has 0 bridgehead atoms. The van der Waals surface area contributed by atoms with Gasteiger partial charge >= 0.3 is 9.28 Å². The average molecular weight is 200 g/mol. The summed E-state index contributed by atoms with van der Waals surface area (Å²) in [5, 5.41) is 1.48. The number of allylic oxidation sites excluding steroid dienone is 2. The van der Waals surface area contributed by atoms with E-state index in [1.807, 2.05) is 0 Å². The van der Waals surface area contributed by atoms with Crippen molar-refractivity contribution in [1.82, 2.24) is 0 Å². The van der Waals surface area contributed by atoms with Gasteiger partial charge in [0, 0.05) is 14.2 Å². The molecule has 0 amide bonds. The standard InChI is InChI=1S/C10H20O2Si/c1-7-6-8(2)10(9(7)3)13(11-4)12-5/h7-8,13H,6H2,1-5H3. The van der Waals surface area contributed by atoms with Crippen LogP contribution in [0.1, 0.15) is 27.2 Å². The van der Waals surface area contributed by atoms with Crippen LogP contribution in [0.2, 0.25) is 0 Å². The summed E-state index contributed by atoms with van der Waals surface area (Å²) in [6, 6.07) is 0. The van der Waals surface area contributed by atoms with E-state index in [4.69, 9.17) is 8.85 Å². The molecule has 2 unspecified atom stereocenters. The largest absolute Gasteiger partial charge is 0.397 e. The molecule has 1 aliphatic rings. The second kappa shape index (κ2) is 4.40. The highest BCUT2D eigenvalue weighted by molar-refractivity contribution is 6.54. The lowest BCUT2D eigenvalue weighted by Gasteiger charge is -2.17. The highest BCUT2D eigenvalue weighted by Gasteiger charge is 2.32. The lowest BCUT2D eigenvalue weighted by molar-refractivity contribution is 0.283. The molecular weight excluding hydrogens is 180 g/mol. The van der Waals surface area contributed by atoms with Gasteiger partial charge in [0.2, 0.25) is 0 Å². The molecule has 2 atom stereocenters. The zero-order chi connectivity index (χ0) is 10.0. The van der Waals surface area contributed by atoms with E-state index in [0.29, 0.717) is 11.8 Å². The van der Waals surface area contributed by atoms with Gasteiger partial charge in [-0.05, 0) is 30.4 Å².